The van der Waals surface area contributed by atoms with Gasteiger partial charge in [-0.15, -0.1) is 0 Å². The summed E-state index contributed by atoms with van der Waals surface area (Å²) in [5.41, 5.74) is 2.83. The van der Waals surface area contributed by atoms with Crippen LogP contribution in [0, 0.1) is 0 Å². The Kier molecular flexibility index (Phi) is 5.80. The molecule has 0 aromatic heterocycles. The second-order valence-corrected chi connectivity index (χ2v) is 5.42. The van der Waals surface area contributed by atoms with Crippen molar-refractivity contribution in [2.75, 3.05) is 12.4 Å². The highest BCUT2D eigenvalue weighted by Gasteiger charge is 2.07. The average Bonchev–Trinajstić information content (AvgIpc) is 2.55. The highest BCUT2D eigenvalue weighted by Crippen LogP contribution is 2.23. The fraction of sp³-hybridized carbons (Fsp3) is 0.211. The third-order valence-corrected chi connectivity index (χ3v) is 3.45. The van der Waals surface area contributed by atoms with Crippen LogP contribution in [0.2, 0.25) is 0 Å². The summed E-state index contributed by atoms with van der Waals surface area (Å²) in [6.07, 6.45) is 3.40. The van der Waals surface area contributed by atoms with E-state index < -0.39 is 0 Å². The molecule has 2 aromatic rings. The van der Waals surface area contributed by atoms with Crippen LogP contribution in [-0.2, 0) is 0 Å². The van der Waals surface area contributed by atoms with Gasteiger partial charge in [-0.25, -0.2) is 4.79 Å². The molecule has 0 bridgehead atoms. The Morgan fingerprint density at radius 3 is 2.52 bits per heavy atom. The number of carbonyl (C=O) groups excluding carboxylic acids is 1. The lowest BCUT2D eigenvalue weighted by Gasteiger charge is -2.13. The maximum atomic E-state index is 12.0. The molecule has 4 heteroatoms. The number of ether oxygens (including phenoxy) is 1. The van der Waals surface area contributed by atoms with E-state index in [0.717, 1.165) is 22.6 Å². The third kappa shape index (κ3) is 4.61. The zero-order chi connectivity index (χ0) is 16.7. The normalized spacial score (nSPS) is 10.8. The van der Waals surface area contributed by atoms with Gasteiger partial charge in [-0.1, -0.05) is 50.2 Å². The van der Waals surface area contributed by atoms with Crippen molar-refractivity contribution >= 4 is 17.8 Å². The second-order valence-electron chi connectivity index (χ2n) is 5.42. The van der Waals surface area contributed by atoms with E-state index in [1.165, 1.54) is 0 Å². The van der Waals surface area contributed by atoms with Crippen molar-refractivity contribution in [2.24, 2.45) is 0 Å². The molecule has 0 radical (unpaired) electrons. The number of hydrogen-bond donors (Lipinski definition) is 2. The van der Waals surface area contributed by atoms with Crippen molar-refractivity contribution in [3.63, 3.8) is 0 Å². The number of urea groups is 1. The van der Waals surface area contributed by atoms with Crippen LogP contribution in [0.15, 0.2) is 54.7 Å². The smallest absolute Gasteiger partial charge is 0.323 e. The lowest BCUT2D eigenvalue weighted by Crippen LogP contribution is -2.24. The van der Waals surface area contributed by atoms with E-state index in [-0.39, 0.29) is 6.03 Å². The molecule has 0 aliphatic carbocycles. The van der Waals surface area contributed by atoms with E-state index in [0.29, 0.717) is 5.92 Å². The topological polar surface area (TPSA) is 50.4 Å². The quantitative estimate of drug-likeness (QED) is 0.847. The molecular weight excluding hydrogens is 288 g/mol. The fourth-order valence-corrected chi connectivity index (χ4v) is 2.28. The zero-order valence-corrected chi connectivity index (χ0v) is 13.7. The SMILES string of the molecule is COc1ccccc1/C=C/NC(=O)Nc1ccccc1C(C)C. The van der Waals surface area contributed by atoms with Gasteiger partial charge in [0.1, 0.15) is 5.75 Å². The van der Waals surface area contributed by atoms with E-state index >= 15 is 0 Å². The van der Waals surface area contributed by atoms with Gasteiger partial charge in [0.15, 0.2) is 0 Å². The van der Waals surface area contributed by atoms with Crippen LogP contribution in [0.25, 0.3) is 6.08 Å². The second kappa shape index (κ2) is 8.03. The molecule has 0 unspecified atom stereocenters. The van der Waals surface area contributed by atoms with Crippen molar-refractivity contribution in [2.45, 2.75) is 19.8 Å². The van der Waals surface area contributed by atoms with E-state index in [4.69, 9.17) is 4.74 Å². The largest absolute Gasteiger partial charge is 0.496 e. The van der Waals surface area contributed by atoms with Gasteiger partial charge in [-0.3, -0.25) is 0 Å². The minimum absolute atomic E-state index is 0.274. The zero-order valence-electron chi connectivity index (χ0n) is 13.7. The fourth-order valence-electron chi connectivity index (χ4n) is 2.28. The molecule has 4 nitrogen and oxygen atoms in total. The van der Waals surface area contributed by atoms with Crippen LogP contribution in [0.5, 0.6) is 5.75 Å². The molecule has 2 rings (SSSR count). The summed E-state index contributed by atoms with van der Waals surface area (Å²) in [7, 11) is 1.62. The summed E-state index contributed by atoms with van der Waals surface area (Å²) in [4.78, 5) is 12.0. The van der Waals surface area contributed by atoms with E-state index in [9.17, 15) is 4.79 Å². The standard InChI is InChI=1S/C19H22N2O2/c1-14(2)16-9-5-6-10-17(16)21-19(22)20-13-12-15-8-4-7-11-18(15)23-3/h4-14H,1-3H3,(H2,20,21,22)/b13-12+. The van der Waals surface area contributed by atoms with Crippen molar-refractivity contribution in [3.05, 3.63) is 65.9 Å². The molecule has 0 aliphatic heterocycles. The van der Waals surface area contributed by atoms with Crippen LogP contribution < -0.4 is 15.4 Å². The Morgan fingerprint density at radius 2 is 1.78 bits per heavy atom. The van der Waals surface area contributed by atoms with Gasteiger partial charge in [0.25, 0.3) is 0 Å². The number of rotatable bonds is 5. The minimum atomic E-state index is -0.274. The summed E-state index contributed by atoms with van der Waals surface area (Å²) < 4.78 is 5.26. The van der Waals surface area contributed by atoms with Crippen molar-refractivity contribution < 1.29 is 9.53 Å². The Morgan fingerprint density at radius 1 is 1.09 bits per heavy atom. The predicted octanol–water partition coefficient (Wildman–Crippen LogP) is 4.61. The van der Waals surface area contributed by atoms with Gasteiger partial charge in [0.2, 0.25) is 0 Å². The minimum Gasteiger partial charge on any atom is -0.496 e. The van der Waals surface area contributed by atoms with Gasteiger partial charge in [-0.2, -0.15) is 0 Å². The molecule has 2 amide bonds. The highest BCUT2D eigenvalue weighted by molar-refractivity contribution is 5.91. The maximum Gasteiger partial charge on any atom is 0.323 e. The number of para-hydroxylation sites is 2. The molecule has 23 heavy (non-hydrogen) atoms. The van der Waals surface area contributed by atoms with Crippen LogP contribution in [0.1, 0.15) is 30.9 Å². The number of hydrogen-bond acceptors (Lipinski definition) is 2. The molecule has 0 aliphatic rings. The summed E-state index contributed by atoms with van der Waals surface area (Å²) in [5, 5.41) is 5.59. The number of carbonyl (C=O) groups is 1. The molecule has 0 saturated carbocycles. The maximum absolute atomic E-state index is 12.0. The van der Waals surface area contributed by atoms with E-state index in [2.05, 4.69) is 24.5 Å². The van der Waals surface area contributed by atoms with Gasteiger partial charge < -0.3 is 15.4 Å². The predicted molar refractivity (Wildman–Crippen MR) is 94.7 cm³/mol. The molecular formula is C19H22N2O2. The lowest BCUT2D eigenvalue weighted by molar-refractivity contribution is 0.255. The van der Waals surface area contributed by atoms with Crippen molar-refractivity contribution in [1.82, 2.24) is 5.32 Å². The Hall–Kier alpha value is -2.75. The molecule has 2 aromatic carbocycles. The van der Waals surface area contributed by atoms with Crippen molar-refractivity contribution in [3.8, 4) is 5.75 Å². The summed E-state index contributed by atoms with van der Waals surface area (Å²) in [5.74, 6) is 1.10. The van der Waals surface area contributed by atoms with Gasteiger partial charge in [-0.05, 0) is 29.7 Å². The monoisotopic (exact) mass is 310 g/mol. The van der Waals surface area contributed by atoms with E-state index in [1.54, 1.807) is 19.4 Å². The first-order chi connectivity index (χ1) is 11.1. The Balaban J connectivity index is 1.99. The van der Waals surface area contributed by atoms with Crippen LogP contribution in [-0.4, -0.2) is 13.1 Å². The molecule has 0 fully saturated rings. The Bertz CT molecular complexity index is 693. The van der Waals surface area contributed by atoms with Crippen LogP contribution in [0.4, 0.5) is 10.5 Å². The molecule has 120 valence electrons. The first kappa shape index (κ1) is 16.6. The highest BCUT2D eigenvalue weighted by atomic mass is 16.5. The number of amides is 2. The molecule has 0 spiro atoms. The van der Waals surface area contributed by atoms with Gasteiger partial charge in [0, 0.05) is 17.5 Å². The lowest BCUT2D eigenvalue weighted by atomic mass is 10.0. The molecule has 0 atom stereocenters. The summed E-state index contributed by atoms with van der Waals surface area (Å²) >= 11 is 0. The van der Waals surface area contributed by atoms with Gasteiger partial charge >= 0.3 is 6.03 Å². The first-order valence-corrected chi connectivity index (χ1v) is 7.58. The molecule has 0 saturated heterocycles. The number of methoxy groups -OCH3 is 1. The van der Waals surface area contributed by atoms with E-state index in [1.807, 2.05) is 48.5 Å². The summed E-state index contributed by atoms with van der Waals surface area (Å²) in [6.45, 7) is 4.19. The first-order valence-electron chi connectivity index (χ1n) is 7.58. The van der Waals surface area contributed by atoms with Crippen molar-refractivity contribution in [1.29, 1.82) is 0 Å². The number of nitrogens with one attached hydrogen (secondary N) is 2. The number of anilines is 1. The molecule has 0 heterocycles. The number of benzene rings is 2. The summed E-state index contributed by atoms with van der Waals surface area (Å²) in [6, 6.07) is 15.1. The van der Waals surface area contributed by atoms with Crippen LogP contribution >= 0.6 is 0 Å². The molecule has 2 N–H and O–H groups in total. The van der Waals surface area contributed by atoms with Gasteiger partial charge in [0.05, 0.1) is 7.11 Å². The average molecular weight is 310 g/mol. The Labute approximate surface area is 137 Å². The van der Waals surface area contributed by atoms with Crippen LogP contribution in [0.3, 0.4) is 0 Å². The third-order valence-electron chi connectivity index (χ3n) is 3.45.